The summed E-state index contributed by atoms with van der Waals surface area (Å²) < 4.78 is 43.4. The fourth-order valence-electron chi connectivity index (χ4n) is 4.08. The van der Waals surface area contributed by atoms with E-state index < -0.39 is 32.1 Å². The number of hydrogen-bond acceptors (Lipinski definition) is 11. The first kappa shape index (κ1) is 28.1. The van der Waals surface area contributed by atoms with Gasteiger partial charge in [0.2, 0.25) is 11.8 Å². The molecule has 5 atom stereocenters. The highest BCUT2D eigenvalue weighted by atomic mass is 35.5. The molecule has 4 rings (SSSR count). The van der Waals surface area contributed by atoms with Crippen molar-refractivity contribution < 1.29 is 32.6 Å². The van der Waals surface area contributed by atoms with Gasteiger partial charge in [-0.3, -0.25) is 13.9 Å². The Hall–Kier alpha value is -2.96. The Morgan fingerprint density at radius 2 is 2.13 bits per heavy atom. The lowest BCUT2D eigenvalue weighted by Crippen LogP contribution is -2.35. The fraction of sp³-hybridized carbons (Fsp3) is 0.478. The van der Waals surface area contributed by atoms with E-state index in [1.165, 1.54) is 14.0 Å². The number of aromatic nitrogens is 4. The van der Waals surface area contributed by atoms with Crippen LogP contribution in [0.2, 0.25) is 5.02 Å². The zero-order valence-corrected chi connectivity index (χ0v) is 23.0. The average molecular weight is 569 g/mol. The van der Waals surface area contributed by atoms with E-state index >= 15 is 0 Å². The van der Waals surface area contributed by atoms with Crippen LogP contribution in [-0.4, -0.2) is 58.0 Å². The molecule has 0 aliphatic carbocycles. The van der Waals surface area contributed by atoms with Crippen molar-refractivity contribution in [3.05, 3.63) is 35.6 Å². The van der Waals surface area contributed by atoms with E-state index in [4.69, 9.17) is 40.6 Å². The molecule has 1 aliphatic rings. The van der Waals surface area contributed by atoms with E-state index in [1.807, 2.05) is 13.8 Å². The first-order valence-corrected chi connectivity index (χ1v) is 13.9. The lowest BCUT2D eigenvalue weighted by Gasteiger charge is -2.24. The second-order valence-corrected chi connectivity index (χ2v) is 10.8. The maximum Gasteiger partial charge on any atom is 0.459 e. The number of benzene rings is 1. The minimum Gasteiger partial charge on any atom is -0.476 e. The maximum absolute atomic E-state index is 13.7. The predicted octanol–water partition coefficient (Wildman–Crippen LogP) is 3.74. The number of esters is 1. The molecule has 2 aromatic heterocycles. The Morgan fingerprint density at radius 3 is 2.84 bits per heavy atom. The molecular formula is C23H30ClN6O7P. The molecule has 1 aromatic carbocycles. The molecule has 1 unspecified atom stereocenters. The van der Waals surface area contributed by atoms with Crippen molar-refractivity contribution in [1.82, 2.24) is 24.6 Å². The first-order chi connectivity index (χ1) is 18.1. The average Bonchev–Trinajstić information content (AvgIpc) is 3.46. The molecule has 15 heteroatoms. The third-order valence-electron chi connectivity index (χ3n) is 5.81. The van der Waals surface area contributed by atoms with Crippen LogP contribution in [0.3, 0.4) is 0 Å². The second-order valence-electron chi connectivity index (χ2n) is 8.69. The van der Waals surface area contributed by atoms with Crippen LogP contribution in [0, 0.1) is 5.92 Å². The number of nitrogens with two attached hydrogens (primary N) is 1. The summed E-state index contributed by atoms with van der Waals surface area (Å²) in [6.07, 6.45) is 1.25. The summed E-state index contributed by atoms with van der Waals surface area (Å²) in [6, 6.07) is 5.52. The summed E-state index contributed by atoms with van der Waals surface area (Å²) in [4.78, 5) is 24.8. The number of nitrogens with zero attached hydrogens (tertiary/aromatic N) is 4. The zero-order chi connectivity index (χ0) is 27.4. The normalized spacial score (nSPS) is 21.7. The molecule has 1 aliphatic heterocycles. The van der Waals surface area contributed by atoms with Crippen LogP contribution >= 0.6 is 19.3 Å². The van der Waals surface area contributed by atoms with Gasteiger partial charge in [0, 0.05) is 5.92 Å². The molecule has 3 aromatic rings. The number of halogens is 1. The molecule has 0 amide bonds. The lowest BCUT2D eigenvalue weighted by molar-refractivity contribution is -0.142. The molecule has 0 saturated carbocycles. The number of imidazole rings is 1. The fourth-order valence-corrected chi connectivity index (χ4v) is 5.85. The number of fused-ring (bicyclic) bond motifs is 1. The third kappa shape index (κ3) is 6.19. The number of anilines is 1. The molecule has 3 N–H and O–H groups in total. The molecule has 0 bridgehead atoms. The molecule has 13 nitrogen and oxygen atoms in total. The van der Waals surface area contributed by atoms with E-state index in [2.05, 4.69) is 20.0 Å². The van der Waals surface area contributed by atoms with Crippen LogP contribution in [0.1, 0.15) is 33.4 Å². The molecule has 1 saturated heterocycles. The van der Waals surface area contributed by atoms with Crippen molar-refractivity contribution in [3.8, 4) is 11.6 Å². The van der Waals surface area contributed by atoms with E-state index in [9.17, 15) is 9.36 Å². The van der Waals surface area contributed by atoms with Crippen LogP contribution in [0.4, 0.5) is 5.95 Å². The predicted molar refractivity (Wildman–Crippen MR) is 139 cm³/mol. The minimum atomic E-state index is -4.09. The summed E-state index contributed by atoms with van der Waals surface area (Å²) in [6.45, 7) is 5.62. The maximum atomic E-state index is 13.7. The highest BCUT2D eigenvalue weighted by Gasteiger charge is 2.39. The summed E-state index contributed by atoms with van der Waals surface area (Å²) in [5.74, 6) is -0.145. The van der Waals surface area contributed by atoms with Gasteiger partial charge in [-0.15, -0.1) is 0 Å². The summed E-state index contributed by atoms with van der Waals surface area (Å²) in [7, 11) is -2.86. The van der Waals surface area contributed by atoms with Gasteiger partial charge in [0.15, 0.2) is 11.2 Å². The van der Waals surface area contributed by atoms with Gasteiger partial charge < -0.3 is 24.5 Å². The van der Waals surface area contributed by atoms with E-state index in [1.54, 1.807) is 35.2 Å². The number of ether oxygens (including phenoxy) is 3. The van der Waals surface area contributed by atoms with Gasteiger partial charge in [-0.1, -0.05) is 30.7 Å². The Balaban J connectivity index is 1.51. The largest absolute Gasteiger partial charge is 0.476 e. The summed E-state index contributed by atoms with van der Waals surface area (Å²) >= 11 is 6.19. The zero-order valence-electron chi connectivity index (χ0n) is 21.4. The van der Waals surface area contributed by atoms with Gasteiger partial charge in [-0.05, 0) is 32.4 Å². The molecule has 1 fully saturated rings. The van der Waals surface area contributed by atoms with Crippen molar-refractivity contribution in [2.45, 2.75) is 45.6 Å². The van der Waals surface area contributed by atoms with Crippen LogP contribution in [0.15, 0.2) is 30.6 Å². The van der Waals surface area contributed by atoms with Gasteiger partial charge in [-0.25, -0.2) is 9.55 Å². The van der Waals surface area contributed by atoms with Crippen LogP contribution in [-0.2, 0) is 23.4 Å². The van der Waals surface area contributed by atoms with Gasteiger partial charge in [-0.2, -0.15) is 15.1 Å². The van der Waals surface area contributed by atoms with Gasteiger partial charge in [0.05, 0.1) is 37.8 Å². The smallest absolute Gasteiger partial charge is 0.459 e. The van der Waals surface area contributed by atoms with E-state index in [0.29, 0.717) is 30.1 Å². The quantitative estimate of drug-likeness (QED) is 0.255. The van der Waals surface area contributed by atoms with E-state index in [0.717, 1.165) is 0 Å². The van der Waals surface area contributed by atoms with Crippen LogP contribution in [0.25, 0.3) is 11.2 Å². The molecule has 3 heterocycles. The second kappa shape index (κ2) is 11.8. The Bertz CT molecular complexity index is 1340. The monoisotopic (exact) mass is 568 g/mol. The van der Waals surface area contributed by atoms with Crippen molar-refractivity contribution >= 4 is 42.4 Å². The molecule has 38 heavy (non-hydrogen) atoms. The number of nitrogen functional groups attached to an aromatic ring is 1. The van der Waals surface area contributed by atoms with Gasteiger partial charge >= 0.3 is 13.7 Å². The van der Waals surface area contributed by atoms with Gasteiger partial charge in [0.1, 0.15) is 18.0 Å². The Kier molecular flexibility index (Phi) is 8.74. The van der Waals surface area contributed by atoms with E-state index in [-0.39, 0.29) is 29.2 Å². The third-order valence-corrected chi connectivity index (χ3v) is 7.75. The molecule has 0 radical (unpaired) electrons. The lowest BCUT2D eigenvalue weighted by atomic mass is 10.1. The van der Waals surface area contributed by atoms with Crippen molar-refractivity contribution in [2.24, 2.45) is 5.92 Å². The first-order valence-electron chi connectivity index (χ1n) is 12.0. The summed E-state index contributed by atoms with van der Waals surface area (Å²) in [5.41, 5.74) is 6.83. The number of rotatable bonds is 11. The Labute approximate surface area is 224 Å². The highest BCUT2D eigenvalue weighted by molar-refractivity contribution is 7.52. The van der Waals surface area contributed by atoms with Crippen molar-refractivity contribution in [3.63, 3.8) is 0 Å². The standard InChI is InChI=1S/C23H30ClN6O7P/c1-5-34-20-18-19(27-23(25)28-20)30(12-26-18)21-13(2)10-15(36-21)11-35-38(32,29-14(3)22(31)33-4)37-17-9-7-6-8-16(17)24/h6-9,12-15,21H,5,10-11H2,1-4H3,(H,29,32)(H2,25,27,28)/t13-,14-,15-,21+,38?/m0/s1. The summed E-state index contributed by atoms with van der Waals surface area (Å²) in [5, 5.41) is 2.84. The molecule has 206 valence electrons. The topological polar surface area (TPSA) is 162 Å². The van der Waals surface area contributed by atoms with Crippen LogP contribution in [0.5, 0.6) is 11.6 Å². The molecule has 0 spiro atoms. The van der Waals surface area contributed by atoms with Crippen molar-refractivity contribution in [2.75, 3.05) is 26.1 Å². The Morgan fingerprint density at radius 1 is 1.37 bits per heavy atom. The molecular weight excluding hydrogens is 539 g/mol. The number of hydrogen-bond donors (Lipinski definition) is 2. The number of nitrogens with one attached hydrogen (secondary N) is 1. The number of carbonyl (C=O) groups excluding carboxylic acids is 1. The van der Waals surface area contributed by atoms with Crippen molar-refractivity contribution in [1.29, 1.82) is 0 Å². The minimum absolute atomic E-state index is 0.0126. The number of carbonyl (C=O) groups is 1. The number of methoxy groups -OCH3 is 1. The van der Waals surface area contributed by atoms with Crippen LogP contribution < -0.4 is 20.1 Å². The number of para-hydroxylation sites is 1. The highest BCUT2D eigenvalue weighted by Crippen LogP contribution is 2.48. The SMILES string of the molecule is CCOc1nc(N)nc2c1ncn2[C@@H]1O[C@H](COP(=O)(N[C@@H](C)C(=O)OC)Oc2ccccc2Cl)C[C@@H]1C. The van der Waals surface area contributed by atoms with Gasteiger partial charge in [0.25, 0.3) is 0 Å².